The fraction of sp³-hybridized carbons (Fsp3) is 0.750. The minimum absolute atomic E-state index is 0.0541. The summed E-state index contributed by atoms with van der Waals surface area (Å²) in [5.74, 6) is 2.01. The monoisotopic (exact) mass is 168 g/mol. The van der Waals surface area contributed by atoms with Crippen LogP contribution in [-0.2, 0) is 6.42 Å². The lowest BCUT2D eigenvalue weighted by molar-refractivity contribution is 0.491. The van der Waals surface area contributed by atoms with Gasteiger partial charge in [0.2, 0.25) is 0 Å². The van der Waals surface area contributed by atoms with Gasteiger partial charge in [-0.2, -0.15) is 5.10 Å². The molecule has 4 heteroatoms. The first-order valence-corrected chi connectivity index (χ1v) is 4.32. The molecule has 0 amide bonds. The second-order valence-corrected chi connectivity index (χ2v) is 3.26. The van der Waals surface area contributed by atoms with Gasteiger partial charge in [-0.15, -0.1) is 0 Å². The van der Waals surface area contributed by atoms with Crippen LogP contribution >= 0.6 is 0 Å². The van der Waals surface area contributed by atoms with E-state index >= 15 is 0 Å². The minimum Gasteiger partial charge on any atom is -0.321 e. The number of aromatic nitrogens is 3. The van der Waals surface area contributed by atoms with Gasteiger partial charge in [-0.3, -0.25) is 5.10 Å². The molecule has 1 atom stereocenters. The minimum atomic E-state index is -0.0541. The highest BCUT2D eigenvalue weighted by Gasteiger charge is 2.14. The smallest absolute Gasteiger partial charge is 0.167 e. The molecule has 1 rings (SSSR count). The highest BCUT2D eigenvalue weighted by molar-refractivity contribution is 4.96. The summed E-state index contributed by atoms with van der Waals surface area (Å²) in [5.41, 5.74) is 5.86. The number of H-pyrrole nitrogens is 1. The van der Waals surface area contributed by atoms with Crippen molar-refractivity contribution in [3.63, 3.8) is 0 Å². The third-order valence-corrected chi connectivity index (χ3v) is 1.90. The van der Waals surface area contributed by atoms with Crippen molar-refractivity contribution < 1.29 is 0 Å². The van der Waals surface area contributed by atoms with Crippen LogP contribution in [-0.4, -0.2) is 15.2 Å². The lowest BCUT2D eigenvalue weighted by Gasteiger charge is -2.10. The van der Waals surface area contributed by atoms with Crippen molar-refractivity contribution in [3.05, 3.63) is 11.6 Å². The molecule has 0 saturated heterocycles. The molecule has 1 heterocycles. The number of nitrogens with one attached hydrogen (secondary N) is 1. The van der Waals surface area contributed by atoms with Gasteiger partial charge < -0.3 is 5.73 Å². The topological polar surface area (TPSA) is 67.6 Å². The quantitative estimate of drug-likeness (QED) is 0.708. The Kier molecular flexibility index (Phi) is 2.81. The van der Waals surface area contributed by atoms with Crippen LogP contribution in [0.15, 0.2) is 0 Å². The lowest BCUT2D eigenvalue weighted by atomic mass is 10.1. The van der Waals surface area contributed by atoms with Crippen LogP contribution in [0, 0.1) is 5.92 Å². The summed E-state index contributed by atoms with van der Waals surface area (Å²) in [6.07, 6.45) is 0.873. The Hall–Kier alpha value is -0.900. The maximum absolute atomic E-state index is 5.86. The van der Waals surface area contributed by atoms with Crippen molar-refractivity contribution in [2.75, 3.05) is 0 Å². The van der Waals surface area contributed by atoms with Gasteiger partial charge in [-0.25, -0.2) is 4.98 Å². The standard InChI is InChI=1S/C8H16N4/c1-4-6-10-8(12-11-6)7(9)5(2)3/h5,7H,4,9H2,1-3H3,(H,10,11,12). The zero-order chi connectivity index (χ0) is 9.14. The number of rotatable bonds is 3. The second kappa shape index (κ2) is 3.67. The van der Waals surface area contributed by atoms with E-state index in [-0.39, 0.29) is 6.04 Å². The molecule has 0 spiro atoms. The average Bonchev–Trinajstić information content (AvgIpc) is 2.50. The molecule has 4 nitrogen and oxygen atoms in total. The zero-order valence-electron chi connectivity index (χ0n) is 7.83. The second-order valence-electron chi connectivity index (χ2n) is 3.26. The van der Waals surface area contributed by atoms with Crippen LogP contribution in [0.5, 0.6) is 0 Å². The van der Waals surface area contributed by atoms with E-state index < -0.39 is 0 Å². The molecule has 0 fully saturated rings. The van der Waals surface area contributed by atoms with Gasteiger partial charge in [-0.05, 0) is 5.92 Å². The number of aryl methyl sites for hydroxylation is 1. The van der Waals surface area contributed by atoms with Crippen molar-refractivity contribution in [1.82, 2.24) is 15.2 Å². The molecule has 0 aliphatic rings. The van der Waals surface area contributed by atoms with Gasteiger partial charge in [0.15, 0.2) is 5.82 Å². The Bertz CT molecular complexity index is 241. The van der Waals surface area contributed by atoms with Crippen LogP contribution in [0.3, 0.4) is 0 Å². The normalized spacial score (nSPS) is 13.8. The summed E-state index contributed by atoms with van der Waals surface area (Å²) in [6, 6.07) is -0.0541. The number of nitrogens with zero attached hydrogens (tertiary/aromatic N) is 2. The SMILES string of the molecule is CCc1nc(C(N)C(C)C)n[nH]1. The Labute approximate surface area is 72.6 Å². The predicted molar refractivity (Wildman–Crippen MR) is 47.5 cm³/mol. The van der Waals surface area contributed by atoms with Crippen LogP contribution in [0.4, 0.5) is 0 Å². The number of hydrogen-bond donors (Lipinski definition) is 2. The molecule has 0 saturated carbocycles. The maximum atomic E-state index is 5.86. The highest BCUT2D eigenvalue weighted by atomic mass is 15.2. The van der Waals surface area contributed by atoms with Gasteiger partial charge in [0.1, 0.15) is 5.82 Å². The molecule has 0 aliphatic carbocycles. The van der Waals surface area contributed by atoms with Crippen LogP contribution in [0.1, 0.15) is 38.5 Å². The summed E-state index contributed by atoms with van der Waals surface area (Å²) in [4.78, 5) is 4.26. The summed E-state index contributed by atoms with van der Waals surface area (Å²) in [5, 5.41) is 6.90. The lowest BCUT2D eigenvalue weighted by Crippen LogP contribution is -2.18. The summed E-state index contributed by atoms with van der Waals surface area (Å²) >= 11 is 0. The fourth-order valence-corrected chi connectivity index (χ4v) is 0.915. The zero-order valence-corrected chi connectivity index (χ0v) is 7.83. The third kappa shape index (κ3) is 1.82. The molecular weight excluding hydrogens is 152 g/mol. The first-order valence-electron chi connectivity index (χ1n) is 4.32. The molecule has 68 valence electrons. The van der Waals surface area contributed by atoms with Gasteiger partial charge in [0.05, 0.1) is 6.04 Å². The van der Waals surface area contributed by atoms with E-state index in [4.69, 9.17) is 5.73 Å². The molecule has 0 bridgehead atoms. The van der Waals surface area contributed by atoms with Gasteiger partial charge in [-0.1, -0.05) is 20.8 Å². The van der Waals surface area contributed by atoms with Crippen molar-refractivity contribution in [1.29, 1.82) is 0 Å². The van der Waals surface area contributed by atoms with Crippen LogP contribution in [0.25, 0.3) is 0 Å². The number of aromatic amines is 1. The Morgan fingerprint density at radius 3 is 2.58 bits per heavy atom. The summed E-state index contributed by atoms with van der Waals surface area (Å²) in [6.45, 7) is 6.16. The first kappa shape index (κ1) is 9.19. The average molecular weight is 168 g/mol. The molecule has 12 heavy (non-hydrogen) atoms. The van der Waals surface area contributed by atoms with E-state index in [1.165, 1.54) is 0 Å². The van der Waals surface area contributed by atoms with E-state index in [0.29, 0.717) is 5.92 Å². The number of nitrogens with two attached hydrogens (primary N) is 1. The molecule has 1 aromatic rings. The van der Waals surface area contributed by atoms with E-state index in [0.717, 1.165) is 18.1 Å². The van der Waals surface area contributed by atoms with Crippen LogP contribution in [0.2, 0.25) is 0 Å². The predicted octanol–water partition coefficient (Wildman–Crippen LogP) is 1.02. The van der Waals surface area contributed by atoms with E-state index in [1.54, 1.807) is 0 Å². The van der Waals surface area contributed by atoms with Crippen molar-refractivity contribution in [2.45, 2.75) is 33.2 Å². The van der Waals surface area contributed by atoms with E-state index in [2.05, 4.69) is 29.0 Å². The Balaban J connectivity index is 2.74. The Morgan fingerprint density at radius 2 is 2.17 bits per heavy atom. The van der Waals surface area contributed by atoms with Crippen LogP contribution < -0.4 is 5.73 Å². The molecule has 1 aromatic heterocycles. The Morgan fingerprint density at radius 1 is 1.50 bits per heavy atom. The number of hydrogen-bond acceptors (Lipinski definition) is 3. The third-order valence-electron chi connectivity index (χ3n) is 1.90. The first-order chi connectivity index (χ1) is 5.65. The molecule has 1 unspecified atom stereocenters. The van der Waals surface area contributed by atoms with Gasteiger partial charge in [0, 0.05) is 6.42 Å². The molecular formula is C8H16N4. The molecule has 0 aliphatic heterocycles. The van der Waals surface area contributed by atoms with Gasteiger partial charge >= 0.3 is 0 Å². The maximum Gasteiger partial charge on any atom is 0.167 e. The summed E-state index contributed by atoms with van der Waals surface area (Å²) < 4.78 is 0. The molecule has 3 N–H and O–H groups in total. The van der Waals surface area contributed by atoms with E-state index in [9.17, 15) is 0 Å². The largest absolute Gasteiger partial charge is 0.321 e. The highest BCUT2D eigenvalue weighted by Crippen LogP contribution is 2.14. The molecule has 0 aromatic carbocycles. The van der Waals surface area contributed by atoms with E-state index in [1.807, 2.05) is 6.92 Å². The van der Waals surface area contributed by atoms with Crippen molar-refractivity contribution in [3.8, 4) is 0 Å². The summed E-state index contributed by atoms with van der Waals surface area (Å²) in [7, 11) is 0. The van der Waals surface area contributed by atoms with Crippen molar-refractivity contribution in [2.24, 2.45) is 11.7 Å². The van der Waals surface area contributed by atoms with Gasteiger partial charge in [0.25, 0.3) is 0 Å². The van der Waals surface area contributed by atoms with Crippen molar-refractivity contribution >= 4 is 0 Å². The fourth-order valence-electron chi connectivity index (χ4n) is 0.915. The molecule has 0 radical (unpaired) electrons.